The van der Waals surface area contributed by atoms with Crippen LogP contribution < -0.4 is 49.0 Å². The predicted octanol–water partition coefficient (Wildman–Crippen LogP) is 14.4. The van der Waals surface area contributed by atoms with Gasteiger partial charge in [0.1, 0.15) is 0 Å². The number of thiocarbonyl (C=S) groups is 3. The second kappa shape index (κ2) is 49.9. The van der Waals surface area contributed by atoms with Gasteiger partial charge in [0, 0.05) is 58.4 Å². The Bertz CT molecular complexity index is 2880. The Morgan fingerprint density at radius 2 is 0.526 bits per heavy atom. The summed E-state index contributed by atoms with van der Waals surface area (Å²) in [6, 6.07) is 87.8. The van der Waals surface area contributed by atoms with Gasteiger partial charge in [-0.05, 0) is 156 Å². The van der Waals surface area contributed by atoms with E-state index in [0.29, 0.717) is 48.1 Å². The van der Waals surface area contributed by atoms with E-state index in [0.717, 1.165) is 26.2 Å². The zero-order chi connectivity index (χ0) is 65.9. The van der Waals surface area contributed by atoms with E-state index in [1.54, 1.807) is 4.90 Å². The van der Waals surface area contributed by atoms with E-state index in [4.69, 9.17) is 66.9 Å². The number of hydrogen-bond acceptors (Lipinski definition) is 9. The first kappa shape index (κ1) is 86.7. The number of rotatable bonds is 15. The van der Waals surface area contributed by atoms with Crippen molar-refractivity contribution in [3.63, 3.8) is 0 Å². The largest absolute Gasteiger partial charge is 1.00 e. The van der Waals surface area contributed by atoms with Crippen molar-refractivity contribution in [1.82, 2.24) is 14.7 Å². The molecule has 0 radical (unpaired) electrons. The van der Waals surface area contributed by atoms with Gasteiger partial charge >= 0.3 is 67.1 Å². The third-order valence-corrected chi connectivity index (χ3v) is 29.0. The van der Waals surface area contributed by atoms with Crippen molar-refractivity contribution < 1.29 is 67.1 Å². The van der Waals surface area contributed by atoms with Gasteiger partial charge < -0.3 is 106 Å². The van der Waals surface area contributed by atoms with E-state index >= 15 is 0 Å². The van der Waals surface area contributed by atoms with E-state index in [1.165, 1.54) is 120 Å². The van der Waals surface area contributed by atoms with Crippen molar-refractivity contribution >= 4 is 143 Å². The monoisotopic (exact) mass is 1980 g/mol. The van der Waals surface area contributed by atoms with Crippen LogP contribution in [0.4, 0.5) is 0 Å². The molecular weight excluding hydrogens is 1890 g/mol. The van der Waals surface area contributed by atoms with E-state index < -0.39 is 23.8 Å². The van der Waals surface area contributed by atoms with Crippen LogP contribution >= 0.6 is 60.4 Å². The zero-order valence-corrected chi connectivity index (χ0v) is 69.7. The molecule has 6 atom stereocenters. The molecule has 8 aromatic carbocycles. The van der Waals surface area contributed by atoms with Crippen molar-refractivity contribution in [1.29, 1.82) is 0 Å². The Labute approximate surface area is 655 Å². The van der Waals surface area contributed by atoms with Gasteiger partial charge in [0.2, 0.25) is 0 Å². The quantitative estimate of drug-likeness (QED) is 0.0395. The molecule has 8 aromatic rings. The summed E-state index contributed by atoms with van der Waals surface area (Å²) in [6.07, 6.45) is 15.4. The van der Waals surface area contributed by atoms with E-state index in [2.05, 4.69) is 231 Å². The first-order valence-electron chi connectivity index (χ1n) is 32.8. The molecule has 11 rings (SSSR count). The van der Waals surface area contributed by atoms with Gasteiger partial charge in [-0.25, -0.2) is 0 Å². The molecule has 0 unspecified atom stereocenters. The van der Waals surface area contributed by atoms with Crippen molar-refractivity contribution in [2.24, 2.45) is 17.2 Å². The maximum Gasteiger partial charge on any atom is 1.00 e. The molecule has 3 saturated carbocycles. The molecule has 3 aliphatic rings. The molecular formula is C77H99Au3N6P3S6+3. The van der Waals surface area contributed by atoms with Crippen molar-refractivity contribution in [3.8, 4) is 0 Å². The van der Waals surface area contributed by atoms with Crippen LogP contribution in [0.25, 0.3) is 0 Å². The Kier molecular flexibility index (Phi) is 45.6. The molecule has 6 N–H and O–H groups in total. The number of nitrogens with two attached hydrogens (primary N) is 3. The minimum Gasteiger partial charge on any atom is -0.411 e. The van der Waals surface area contributed by atoms with Crippen LogP contribution in [0, 0.1) is 0 Å². The van der Waals surface area contributed by atoms with Gasteiger partial charge in [-0.2, -0.15) is 0 Å². The fourth-order valence-electron chi connectivity index (χ4n) is 12.3. The molecule has 6 nitrogen and oxygen atoms in total. The van der Waals surface area contributed by atoms with Crippen LogP contribution in [0.15, 0.2) is 243 Å². The van der Waals surface area contributed by atoms with Gasteiger partial charge in [-0.1, -0.05) is 202 Å². The van der Waals surface area contributed by atoms with Crippen LogP contribution in [0.3, 0.4) is 0 Å². The molecule has 0 heterocycles. The molecule has 0 bridgehead atoms. The van der Waals surface area contributed by atoms with E-state index in [1.807, 2.05) is 74.1 Å². The topological polar surface area (TPSA) is 87.8 Å². The summed E-state index contributed by atoms with van der Waals surface area (Å²) in [5, 5.41) is 9.03. The Hall–Kier alpha value is -2.52. The first-order chi connectivity index (χ1) is 44.7. The zero-order valence-electron chi connectivity index (χ0n) is 55.3. The molecule has 0 spiro atoms. The third kappa shape index (κ3) is 30.7. The molecule has 95 heavy (non-hydrogen) atoms. The normalized spacial score (nSPS) is 17.6. The average Bonchev–Trinajstić information content (AvgIpc) is 0.851. The van der Waals surface area contributed by atoms with Crippen molar-refractivity contribution in [3.05, 3.63) is 254 Å². The predicted molar refractivity (Wildman–Crippen MR) is 431 cm³/mol. The van der Waals surface area contributed by atoms with E-state index in [9.17, 15) is 0 Å². The summed E-state index contributed by atoms with van der Waals surface area (Å²) in [4.78, 5) is 5.71. The summed E-state index contributed by atoms with van der Waals surface area (Å²) >= 11 is 28.9. The molecule has 0 aromatic heterocycles. The Morgan fingerprint density at radius 1 is 0.337 bits per heavy atom. The van der Waals surface area contributed by atoms with Crippen LogP contribution in [-0.2, 0) is 118 Å². The number of nitrogens with zero attached hydrogens (tertiary/aromatic N) is 3. The summed E-state index contributed by atoms with van der Waals surface area (Å²) < 4.78 is 1.60. The van der Waals surface area contributed by atoms with E-state index in [-0.39, 0.29) is 67.1 Å². The smallest absolute Gasteiger partial charge is 0.411 e. The average molecular weight is 1980 g/mol. The van der Waals surface area contributed by atoms with Gasteiger partial charge in [0.05, 0.1) is 72.6 Å². The van der Waals surface area contributed by atoms with Crippen LogP contribution in [0.5, 0.6) is 0 Å². The van der Waals surface area contributed by atoms with Crippen molar-refractivity contribution in [2.75, 3.05) is 27.2 Å². The molecule has 518 valence electrons. The fraction of sp³-hybridized carbons (Fsp3) is 0.338. The maximum absolute atomic E-state index is 6.48. The minimum absolute atomic E-state index is 0. The van der Waals surface area contributed by atoms with Crippen molar-refractivity contribution in [2.45, 2.75) is 139 Å². The first-order valence-corrected chi connectivity index (χ1v) is 40.0. The molecule has 0 amide bonds. The molecule has 3 fully saturated rings. The molecule has 3 aliphatic carbocycles. The van der Waals surface area contributed by atoms with Gasteiger partial charge in [0.25, 0.3) is 0 Å². The third-order valence-electron chi connectivity index (χ3n) is 17.2. The Morgan fingerprint density at radius 3 is 0.684 bits per heavy atom. The number of benzene rings is 8. The van der Waals surface area contributed by atoms with Crippen LogP contribution in [-0.4, -0.2) is 89.9 Å². The van der Waals surface area contributed by atoms with Crippen LogP contribution in [0.2, 0.25) is 0 Å². The maximum atomic E-state index is 6.48. The second-order valence-corrected chi connectivity index (χ2v) is 35.1. The molecule has 0 aliphatic heterocycles. The fourth-order valence-corrected chi connectivity index (χ4v) is 23.2. The summed E-state index contributed by atoms with van der Waals surface area (Å²) in [6.45, 7) is 7.47. The van der Waals surface area contributed by atoms with Crippen LogP contribution in [0.1, 0.15) is 102 Å². The minimum atomic E-state index is -0.774. The summed E-state index contributed by atoms with van der Waals surface area (Å²) in [5.41, 5.74) is 23.9. The van der Waals surface area contributed by atoms with Gasteiger partial charge in [-0.3, -0.25) is 0 Å². The Balaban J connectivity index is 0.000000306. The second-order valence-electron chi connectivity index (χ2n) is 23.8. The van der Waals surface area contributed by atoms with Gasteiger partial charge in [-0.15, -0.1) is 0 Å². The SMILES string of the molecule is CCN(CC)C(=S)[S-].CN(C)C(=S)[S-].N[C@@H]1CCCC[C@H]1[PH+](c1ccccc1)c1ccccc1.N[C@@H]1CCCC[C@H]1[PH+](c1ccccc1)c1ccccc1.N[C@@H]1CCCC[C@H]1[PH+](c1ccccc1)c1ccccc1.S=C([S-])N(Cc1ccccc1)Cc1ccccc1.[Au+].[Au+].[Au+]. The molecule has 0 saturated heterocycles. The number of hydrogen-bond donors (Lipinski definition) is 3. The molecule has 18 heteroatoms. The van der Waals surface area contributed by atoms with Gasteiger partial charge in [0.15, 0.2) is 0 Å². The summed E-state index contributed by atoms with van der Waals surface area (Å²) in [7, 11) is 1.34. The standard InChI is InChI=1S/3C18H22NP.C15H15NS2.C5H11NS2.C3H7NS2.3Au/c3*19-17-13-7-8-14-18(17)20(15-9-3-1-4-10-15)16-11-5-2-6-12-16;17-15(18)16(11-13-7-3-1-4-8-13)12-14-9-5-2-6-10-14;1-3-6(4-2)5(7)8;1-4(2)3(5)6;;;/h3*1-6,9-12,17-18H,7-8,13-14,19H2;1-10H,11-12H2,(H,17,18);3-4H2,1-2H3,(H,7,8);1-2H3,(H,5,6);;;/q;;;;;;3*+1/t3*17-,18-;;;;;;/m111....../s1. The summed E-state index contributed by atoms with van der Waals surface area (Å²) in [5.74, 6) is 0.